The first kappa shape index (κ1) is 31.6. The fourth-order valence-electron chi connectivity index (χ4n) is 4.38. The maximum absolute atomic E-state index is 12.8. The highest BCUT2D eigenvalue weighted by atomic mass is 35.5. The van der Waals surface area contributed by atoms with Crippen molar-refractivity contribution in [3.8, 4) is 17.2 Å². The number of hydrogen-bond acceptors (Lipinski definition) is 8. The van der Waals surface area contributed by atoms with E-state index in [9.17, 15) is 4.79 Å². The molecular weight excluding hydrogens is 576 g/mol. The molecule has 0 aromatic heterocycles. The maximum Gasteiger partial charge on any atom is 0.283 e. The van der Waals surface area contributed by atoms with E-state index in [1.54, 1.807) is 18.2 Å². The molecular formula is C31H37ClN4O5S. The van der Waals surface area contributed by atoms with E-state index in [4.69, 9.17) is 36.0 Å². The summed E-state index contributed by atoms with van der Waals surface area (Å²) in [6.07, 6.45) is 8.18. The van der Waals surface area contributed by atoms with Crippen LogP contribution in [0.3, 0.4) is 0 Å². The molecule has 0 atom stereocenters. The molecule has 9 nitrogen and oxygen atoms in total. The Labute approximate surface area is 256 Å². The lowest BCUT2D eigenvalue weighted by Crippen LogP contribution is -2.35. The van der Waals surface area contributed by atoms with E-state index >= 15 is 0 Å². The Morgan fingerprint density at radius 2 is 1.79 bits per heavy atom. The number of nitrogens with one attached hydrogen (secondary N) is 1. The van der Waals surface area contributed by atoms with Crippen molar-refractivity contribution in [2.45, 2.75) is 52.4 Å². The van der Waals surface area contributed by atoms with Crippen LogP contribution in [-0.4, -0.2) is 60.5 Å². The molecule has 2 aromatic carbocycles. The SMILES string of the molecule is CCCCCCCC1=NN2C(=N)/C(=C/c3cc(Cl)c(OCCOCCOc4ccccc4C)c(OC)c3)C(=O)N=C2S1. The van der Waals surface area contributed by atoms with Gasteiger partial charge in [0.2, 0.25) is 5.17 Å². The molecule has 1 N–H and O–H groups in total. The van der Waals surface area contributed by atoms with E-state index in [2.05, 4.69) is 17.0 Å². The summed E-state index contributed by atoms with van der Waals surface area (Å²) in [5.74, 6) is 1.10. The average Bonchev–Trinajstić information content (AvgIpc) is 3.39. The van der Waals surface area contributed by atoms with Crippen LogP contribution in [0.5, 0.6) is 17.2 Å². The third-order valence-corrected chi connectivity index (χ3v) is 7.86. The Morgan fingerprint density at radius 3 is 2.55 bits per heavy atom. The van der Waals surface area contributed by atoms with Gasteiger partial charge in [-0.05, 0) is 66.9 Å². The molecule has 0 spiro atoms. The number of nitrogens with zero attached hydrogens (tertiary/aromatic N) is 3. The van der Waals surface area contributed by atoms with Crippen LogP contribution in [0.1, 0.15) is 56.6 Å². The minimum Gasteiger partial charge on any atom is -0.493 e. The van der Waals surface area contributed by atoms with Gasteiger partial charge in [0, 0.05) is 0 Å². The van der Waals surface area contributed by atoms with E-state index in [0.29, 0.717) is 47.1 Å². The fourth-order valence-corrected chi connectivity index (χ4v) is 5.58. The number of ether oxygens (including phenoxy) is 4. The number of methoxy groups -OCH3 is 1. The highest BCUT2D eigenvalue weighted by Gasteiger charge is 2.35. The van der Waals surface area contributed by atoms with Gasteiger partial charge in [0.05, 0.1) is 30.9 Å². The molecule has 224 valence electrons. The van der Waals surface area contributed by atoms with Crippen LogP contribution in [0.15, 0.2) is 52.1 Å². The number of aryl methyl sites for hydroxylation is 1. The van der Waals surface area contributed by atoms with Gasteiger partial charge < -0.3 is 18.9 Å². The molecule has 0 fully saturated rings. The fraction of sp³-hybridized carbons (Fsp3) is 0.419. The first-order valence-corrected chi connectivity index (χ1v) is 15.4. The number of fused-ring (bicyclic) bond motifs is 1. The number of halogens is 1. The van der Waals surface area contributed by atoms with Crippen LogP contribution < -0.4 is 14.2 Å². The highest BCUT2D eigenvalue weighted by Crippen LogP contribution is 2.38. The van der Waals surface area contributed by atoms with Crippen LogP contribution in [0.4, 0.5) is 0 Å². The number of rotatable bonds is 16. The van der Waals surface area contributed by atoms with Gasteiger partial charge in [-0.15, -0.1) is 0 Å². The number of hydrazone groups is 1. The molecule has 0 saturated carbocycles. The number of amidine groups is 2. The van der Waals surface area contributed by atoms with Gasteiger partial charge in [-0.25, -0.2) is 0 Å². The van der Waals surface area contributed by atoms with Gasteiger partial charge in [0.25, 0.3) is 5.91 Å². The van der Waals surface area contributed by atoms with Crippen LogP contribution in [0.25, 0.3) is 6.08 Å². The van der Waals surface area contributed by atoms with E-state index in [1.165, 1.54) is 43.1 Å². The predicted molar refractivity (Wildman–Crippen MR) is 169 cm³/mol. The standard InChI is InChI=1S/C31H37ClN4O5S/c1-4-5-6-7-8-13-27-35-36-29(33)23(30(37)34-31(36)42-27)18-22-19-24(32)28(26(20-22)38-3)41-17-15-39-14-16-40-25-12-10-9-11-21(25)2/h9-12,18-20,33H,4-8,13-17H2,1-3H3/b23-18-,33-29?. The normalized spacial score (nSPS) is 15.5. The number of carbonyl (C=O) groups excluding carboxylic acids is 1. The Morgan fingerprint density at radius 1 is 1.02 bits per heavy atom. The number of amides is 1. The molecule has 0 radical (unpaired) electrons. The van der Waals surface area contributed by atoms with Gasteiger partial charge in [-0.1, -0.05) is 62.4 Å². The minimum absolute atomic E-state index is 0.0162. The number of thioether (sulfide) groups is 1. The highest BCUT2D eigenvalue weighted by molar-refractivity contribution is 8.26. The van der Waals surface area contributed by atoms with Crippen molar-refractivity contribution in [3.05, 3.63) is 58.1 Å². The predicted octanol–water partition coefficient (Wildman–Crippen LogP) is 7.11. The summed E-state index contributed by atoms with van der Waals surface area (Å²) in [7, 11) is 1.51. The zero-order valence-electron chi connectivity index (χ0n) is 24.3. The zero-order valence-corrected chi connectivity index (χ0v) is 25.9. The Kier molecular flexibility index (Phi) is 11.9. The lowest BCUT2D eigenvalue weighted by Gasteiger charge is -2.20. The summed E-state index contributed by atoms with van der Waals surface area (Å²) in [5, 5.41) is 16.2. The molecule has 2 heterocycles. The lowest BCUT2D eigenvalue weighted by atomic mass is 10.1. The van der Waals surface area contributed by atoms with Gasteiger partial charge >= 0.3 is 0 Å². The molecule has 4 rings (SSSR count). The van der Waals surface area contributed by atoms with Gasteiger partial charge in [0.1, 0.15) is 24.0 Å². The zero-order chi connectivity index (χ0) is 29.9. The van der Waals surface area contributed by atoms with Gasteiger partial charge in [-0.3, -0.25) is 10.2 Å². The minimum atomic E-state index is -0.489. The van der Waals surface area contributed by atoms with Gasteiger partial charge in [0.15, 0.2) is 17.3 Å². The summed E-state index contributed by atoms with van der Waals surface area (Å²) in [6.45, 7) is 5.63. The summed E-state index contributed by atoms with van der Waals surface area (Å²) >= 11 is 7.90. The first-order valence-electron chi connectivity index (χ1n) is 14.2. The van der Waals surface area contributed by atoms with E-state index in [0.717, 1.165) is 35.6 Å². The number of unbranched alkanes of at least 4 members (excludes halogenated alkanes) is 4. The molecule has 2 aromatic rings. The van der Waals surface area contributed by atoms with E-state index in [1.807, 2.05) is 31.2 Å². The summed E-state index contributed by atoms with van der Waals surface area (Å²) in [4.78, 5) is 17.0. The third-order valence-electron chi connectivity index (χ3n) is 6.61. The van der Waals surface area contributed by atoms with Crippen LogP contribution >= 0.6 is 23.4 Å². The Hall–Kier alpha value is -3.34. The second kappa shape index (κ2) is 15.8. The topological polar surface area (TPSA) is 106 Å². The molecule has 2 aliphatic heterocycles. The van der Waals surface area contributed by atoms with Crippen molar-refractivity contribution in [3.63, 3.8) is 0 Å². The summed E-state index contributed by atoms with van der Waals surface area (Å²) in [5.41, 5.74) is 1.78. The lowest BCUT2D eigenvalue weighted by molar-refractivity contribution is -0.114. The number of carbonyl (C=O) groups is 1. The van der Waals surface area contributed by atoms with Crippen molar-refractivity contribution in [1.29, 1.82) is 5.41 Å². The van der Waals surface area contributed by atoms with Crippen LogP contribution in [-0.2, 0) is 9.53 Å². The number of para-hydroxylation sites is 1. The number of benzene rings is 2. The second-order valence-corrected chi connectivity index (χ2v) is 11.2. The molecule has 0 saturated heterocycles. The smallest absolute Gasteiger partial charge is 0.283 e. The average molecular weight is 613 g/mol. The van der Waals surface area contributed by atoms with E-state index < -0.39 is 5.91 Å². The first-order chi connectivity index (χ1) is 20.4. The summed E-state index contributed by atoms with van der Waals surface area (Å²) in [6, 6.07) is 11.2. The number of aliphatic imine (C=N–C) groups is 1. The van der Waals surface area contributed by atoms with Crippen molar-refractivity contribution < 1.29 is 23.7 Å². The largest absolute Gasteiger partial charge is 0.493 e. The Bertz CT molecular complexity index is 1380. The van der Waals surface area contributed by atoms with Crippen molar-refractivity contribution in [1.82, 2.24) is 5.01 Å². The number of hydrogen-bond donors (Lipinski definition) is 1. The molecule has 42 heavy (non-hydrogen) atoms. The molecule has 0 bridgehead atoms. The van der Waals surface area contributed by atoms with Gasteiger partial charge in [-0.2, -0.15) is 15.1 Å². The van der Waals surface area contributed by atoms with Crippen molar-refractivity contribution in [2.24, 2.45) is 10.1 Å². The van der Waals surface area contributed by atoms with Crippen LogP contribution in [0, 0.1) is 12.3 Å². The second-order valence-electron chi connectivity index (χ2n) is 9.79. The van der Waals surface area contributed by atoms with Crippen LogP contribution in [0.2, 0.25) is 5.02 Å². The molecule has 0 unspecified atom stereocenters. The molecule has 0 aliphatic carbocycles. The quantitative estimate of drug-likeness (QED) is 0.159. The molecule has 2 aliphatic rings. The maximum atomic E-state index is 12.8. The molecule has 11 heteroatoms. The third kappa shape index (κ3) is 8.36. The Balaban J connectivity index is 1.32. The van der Waals surface area contributed by atoms with Crippen molar-refractivity contribution in [2.75, 3.05) is 33.5 Å². The van der Waals surface area contributed by atoms with E-state index in [-0.39, 0.29) is 18.0 Å². The van der Waals surface area contributed by atoms with Crippen molar-refractivity contribution >= 4 is 51.4 Å². The molecule has 1 amide bonds. The summed E-state index contributed by atoms with van der Waals surface area (Å²) < 4.78 is 22.7. The monoisotopic (exact) mass is 612 g/mol.